The standard InChI is InChI=1S/C15H15FN2O2/c1-18(12-5-3-4-11(17)9-12)15(19)10-6-7-14(20-2)13(16)8-10/h3-9H,17H2,1-2H3. The third-order valence-electron chi connectivity index (χ3n) is 2.96. The van der Waals surface area contributed by atoms with Crippen LogP contribution in [-0.4, -0.2) is 20.1 Å². The number of anilines is 2. The van der Waals surface area contributed by atoms with Gasteiger partial charge in [-0.05, 0) is 36.4 Å². The maximum Gasteiger partial charge on any atom is 0.258 e. The number of methoxy groups -OCH3 is 1. The van der Waals surface area contributed by atoms with Gasteiger partial charge in [0.05, 0.1) is 7.11 Å². The van der Waals surface area contributed by atoms with Crippen LogP contribution >= 0.6 is 0 Å². The fraction of sp³-hybridized carbons (Fsp3) is 0.133. The molecule has 0 atom stereocenters. The second-order valence-electron chi connectivity index (χ2n) is 4.31. The Morgan fingerprint density at radius 1 is 1.25 bits per heavy atom. The molecule has 0 aromatic heterocycles. The molecule has 0 bridgehead atoms. The average Bonchev–Trinajstić information content (AvgIpc) is 2.45. The van der Waals surface area contributed by atoms with E-state index in [0.29, 0.717) is 11.4 Å². The van der Waals surface area contributed by atoms with Crippen LogP contribution < -0.4 is 15.4 Å². The van der Waals surface area contributed by atoms with E-state index in [0.717, 1.165) is 6.07 Å². The third kappa shape index (κ3) is 2.71. The number of amides is 1. The van der Waals surface area contributed by atoms with Gasteiger partial charge in [0.25, 0.3) is 5.91 Å². The van der Waals surface area contributed by atoms with Crippen molar-refractivity contribution in [2.75, 3.05) is 24.8 Å². The van der Waals surface area contributed by atoms with E-state index in [2.05, 4.69) is 0 Å². The zero-order valence-electron chi connectivity index (χ0n) is 11.3. The number of nitrogens with two attached hydrogens (primary N) is 1. The lowest BCUT2D eigenvalue weighted by Gasteiger charge is -2.18. The highest BCUT2D eigenvalue weighted by Gasteiger charge is 2.15. The molecule has 4 nitrogen and oxygen atoms in total. The molecule has 2 aromatic rings. The maximum atomic E-state index is 13.6. The molecule has 0 heterocycles. The van der Waals surface area contributed by atoms with Gasteiger partial charge in [-0.3, -0.25) is 4.79 Å². The predicted molar refractivity (Wildman–Crippen MR) is 76.5 cm³/mol. The Hall–Kier alpha value is -2.56. The molecule has 0 fully saturated rings. The van der Waals surface area contributed by atoms with Crippen molar-refractivity contribution in [3.63, 3.8) is 0 Å². The summed E-state index contributed by atoms with van der Waals surface area (Å²) in [6, 6.07) is 11.0. The fourth-order valence-corrected chi connectivity index (χ4v) is 1.84. The van der Waals surface area contributed by atoms with Crippen molar-refractivity contribution < 1.29 is 13.9 Å². The molecule has 0 saturated heterocycles. The number of carbonyl (C=O) groups is 1. The van der Waals surface area contributed by atoms with Crippen LogP contribution in [0.1, 0.15) is 10.4 Å². The van der Waals surface area contributed by atoms with E-state index in [4.69, 9.17) is 10.5 Å². The predicted octanol–water partition coefficient (Wildman–Crippen LogP) is 2.69. The van der Waals surface area contributed by atoms with E-state index in [1.807, 2.05) is 0 Å². The first-order chi connectivity index (χ1) is 9.52. The average molecular weight is 274 g/mol. The van der Waals surface area contributed by atoms with Crippen molar-refractivity contribution in [2.45, 2.75) is 0 Å². The van der Waals surface area contributed by atoms with E-state index in [1.165, 1.54) is 24.1 Å². The molecule has 0 aliphatic heterocycles. The van der Waals surface area contributed by atoms with Crippen LogP contribution in [0.3, 0.4) is 0 Å². The molecule has 0 saturated carbocycles. The first-order valence-electron chi connectivity index (χ1n) is 6.00. The van der Waals surface area contributed by atoms with Gasteiger partial charge in [-0.1, -0.05) is 6.07 Å². The lowest BCUT2D eigenvalue weighted by Crippen LogP contribution is -2.26. The van der Waals surface area contributed by atoms with Gasteiger partial charge >= 0.3 is 0 Å². The van der Waals surface area contributed by atoms with Crippen LogP contribution in [-0.2, 0) is 0 Å². The van der Waals surface area contributed by atoms with Crippen LogP contribution in [0.2, 0.25) is 0 Å². The summed E-state index contributed by atoms with van der Waals surface area (Å²) in [6.07, 6.45) is 0. The smallest absolute Gasteiger partial charge is 0.258 e. The molecule has 5 heteroatoms. The maximum absolute atomic E-state index is 13.6. The van der Waals surface area contributed by atoms with Crippen molar-refractivity contribution in [1.82, 2.24) is 0 Å². The molecule has 2 rings (SSSR count). The Morgan fingerprint density at radius 2 is 2.00 bits per heavy atom. The van der Waals surface area contributed by atoms with Gasteiger partial charge in [0, 0.05) is 24.0 Å². The van der Waals surface area contributed by atoms with Crippen LogP contribution in [0.15, 0.2) is 42.5 Å². The number of carbonyl (C=O) groups excluding carboxylic acids is 1. The van der Waals surface area contributed by atoms with Crippen molar-refractivity contribution in [3.8, 4) is 5.75 Å². The highest BCUT2D eigenvalue weighted by Crippen LogP contribution is 2.21. The van der Waals surface area contributed by atoms with Gasteiger partial charge in [0.2, 0.25) is 0 Å². The Kier molecular flexibility index (Phi) is 3.89. The molecule has 104 valence electrons. The van der Waals surface area contributed by atoms with Crippen molar-refractivity contribution in [3.05, 3.63) is 53.8 Å². The number of hydrogen-bond acceptors (Lipinski definition) is 3. The van der Waals surface area contributed by atoms with Crippen LogP contribution in [0.25, 0.3) is 0 Å². The summed E-state index contributed by atoms with van der Waals surface area (Å²) in [6.45, 7) is 0. The van der Waals surface area contributed by atoms with Gasteiger partial charge in [-0.15, -0.1) is 0 Å². The molecule has 1 amide bonds. The van der Waals surface area contributed by atoms with Crippen LogP contribution in [0.5, 0.6) is 5.75 Å². The summed E-state index contributed by atoms with van der Waals surface area (Å²) in [4.78, 5) is 13.7. The summed E-state index contributed by atoms with van der Waals surface area (Å²) in [7, 11) is 2.98. The Balaban J connectivity index is 2.29. The lowest BCUT2D eigenvalue weighted by atomic mass is 10.1. The van der Waals surface area contributed by atoms with Crippen molar-refractivity contribution >= 4 is 17.3 Å². The minimum Gasteiger partial charge on any atom is -0.494 e. The molecular formula is C15H15FN2O2. The zero-order chi connectivity index (χ0) is 14.7. The molecule has 2 N–H and O–H groups in total. The highest BCUT2D eigenvalue weighted by molar-refractivity contribution is 6.06. The molecule has 0 aliphatic rings. The van der Waals surface area contributed by atoms with Gasteiger partial charge < -0.3 is 15.4 Å². The lowest BCUT2D eigenvalue weighted by molar-refractivity contribution is 0.0992. The van der Waals surface area contributed by atoms with Crippen LogP contribution in [0, 0.1) is 5.82 Å². The molecular weight excluding hydrogens is 259 g/mol. The van der Waals surface area contributed by atoms with Gasteiger partial charge in [0.1, 0.15) is 0 Å². The SMILES string of the molecule is COc1ccc(C(=O)N(C)c2cccc(N)c2)cc1F. The molecule has 0 spiro atoms. The number of benzene rings is 2. The molecule has 0 unspecified atom stereocenters. The summed E-state index contributed by atoms with van der Waals surface area (Å²) < 4.78 is 18.4. The first kappa shape index (κ1) is 13.9. The third-order valence-corrected chi connectivity index (χ3v) is 2.96. The second-order valence-corrected chi connectivity index (χ2v) is 4.31. The molecule has 0 aliphatic carbocycles. The minimum absolute atomic E-state index is 0.105. The number of halogens is 1. The van der Waals surface area contributed by atoms with Gasteiger partial charge in [-0.2, -0.15) is 0 Å². The van der Waals surface area contributed by atoms with Gasteiger partial charge in [-0.25, -0.2) is 4.39 Å². The number of ether oxygens (including phenoxy) is 1. The van der Waals surface area contributed by atoms with E-state index in [9.17, 15) is 9.18 Å². The summed E-state index contributed by atoms with van der Waals surface area (Å²) in [5.74, 6) is -0.787. The van der Waals surface area contributed by atoms with Crippen molar-refractivity contribution in [1.29, 1.82) is 0 Å². The summed E-state index contributed by atoms with van der Waals surface area (Å²) >= 11 is 0. The Labute approximate surface area is 116 Å². The van der Waals surface area contributed by atoms with Crippen molar-refractivity contribution in [2.24, 2.45) is 0 Å². The molecule has 2 aromatic carbocycles. The molecule has 0 radical (unpaired) electrons. The summed E-state index contributed by atoms with van der Waals surface area (Å²) in [5, 5.41) is 0. The number of nitrogen functional groups attached to an aromatic ring is 1. The van der Waals surface area contributed by atoms with E-state index >= 15 is 0 Å². The van der Waals surface area contributed by atoms with Crippen LogP contribution in [0.4, 0.5) is 15.8 Å². The van der Waals surface area contributed by atoms with Gasteiger partial charge in [0.15, 0.2) is 11.6 Å². The number of hydrogen-bond donors (Lipinski definition) is 1. The van der Waals surface area contributed by atoms with E-state index in [-0.39, 0.29) is 17.2 Å². The normalized spacial score (nSPS) is 10.2. The topological polar surface area (TPSA) is 55.6 Å². The minimum atomic E-state index is -0.570. The Bertz CT molecular complexity index is 644. The quantitative estimate of drug-likeness (QED) is 0.875. The number of nitrogens with zero attached hydrogens (tertiary/aromatic N) is 1. The first-order valence-corrected chi connectivity index (χ1v) is 6.00. The fourth-order valence-electron chi connectivity index (χ4n) is 1.84. The second kappa shape index (κ2) is 5.61. The Morgan fingerprint density at radius 3 is 2.60 bits per heavy atom. The van der Waals surface area contributed by atoms with E-state index < -0.39 is 5.82 Å². The highest BCUT2D eigenvalue weighted by atomic mass is 19.1. The molecule has 20 heavy (non-hydrogen) atoms. The zero-order valence-corrected chi connectivity index (χ0v) is 11.3. The summed E-state index contributed by atoms with van der Waals surface area (Å²) in [5.41, 5.74) is 7.13. The largest absolute Gasteiger partial charge is 0.494 e. The van der Waals surface area contributed by atoms with E-state index in [1.54, 1.807) is 31.3 Å². The monoisotopic (exact) mass is 274 g/mol. The number of rotatable bonds is 3.